The molecule has 2 saturated heterocycles. The Morgan fingerprint density at radius 1 is 1.14 bits per heavy atom. The molecule has 28 heavy (non-hydrogen) atoms. The number of nitro groups is 1. The fraction of sp³-hybridized carbons (Fsp3) is 0.350. The van der Waals surface area contributed by atoms with Gasteiger partial charge in [0.15, 0.2) is 0 Å². The number of benzene rings is 2. The van der Waals surface area contributed by atoms with Crippen molar-refractivity contribution in [1.82, 2.24) is 4.90 Å². The lowest BCUT2D eigenvalue weighted by Crippen LogP contribution is -2.48. The van der Waals surface area contributed by atoms with Gasteiger partial charge >= 0.3 is 0 Å². The Kier molecular flexibility index (Phi) is 5.43. The Bertz CT molecular complexity index is 907. The van der Waals surface area contributed by atoms with E-state index in [-0.39, 0.29) is 23.7 Å². The van der Waals surface area contributed by atoms with Gasteiger partial charge in [-0.1, -0.05) is 34.1 Å². The lowest BCUT2D eigenvalue weighted by molar-refractivity contribution is -0.384. The second-order valence-electron chi connectivity index (χ2n) is 6.98. The minimum atomic E-state index is -0.438. The summed E-state index contributed by atoms with van der Waals surface area (Å²) in [5, 5.41) is 11.0. The van der Waals surface area contributed by atoms with Gasteiger partial charge in [0.05, 0.1) is 29.4 Å². The highest BCUT2D eigenvalue weighted by Crippen LogP contribution is 2.31. The normalized spacial score (nSPS) is 23.2. The van der Waals surface area contributed by atoms with Gasteiger partial charge in [-0.05, 0) is 30.2 Å². The maximum absolute atomic E-state index is 13.0. The van der Waals surface area contributed by atoms with Crippen LogP contribution in [0.4, 0.5) is 11.4 Å². The number of carbonyl (C=O) groups excluding carboxylic acids is 1. The van der Waals surface area contributed by atoms with Crippen LogP contribution in [0.2, 0.25) is 0 Å². The molecule has 4 rings (SSSR count). The number of rotatable bonds is 4. The maximum Gasteiger partial charge on any atom is 0.271 e. The molecule has 7 nitrogen and oxygen atoms in total. The molecule has 2 unspecified atom stereocenters. The summed E-state index contributed by atoms with van der Waals surface area (Å²) in [6, 6.07) is 14.1. The van der Waals surface area contributed by atoms with E-state index in [1.807, 2.05) is 24.3 Å². The molecule has 2 aliphatic rings. The number of carbonyl (C=O) groups is 1. The van der Waals surface area contributed by atoms with Crippen LogP contribution < -0.4 is 4.90 Å². The van der Waals surface area contributed by atoms with Crippen molar-refractivity contribution in [2.75, 3.05) is 31.1 Å². The summed E-state index contributed by atoms with van der Waals surface area (Å²) < 4.78 is 6.93. The quantitative estimate of drug-likeness (QED) is 0.531. The summed E-state index contributed by atoms with van der Waals surface area (Å²) in [5.41, 5.74) is 1.66. The number of morpholine rings is 1. The first kappa shape index (κ1) is 19.0. The van der Waals surface area contributed by atoms with Gasteiger partial charge in [-0.3, -0.25) is 19.8 Å². The number of hydrogen-bond donors (Lipinski definition) is 0. The first-order chi connectivity index (χ1) is 13.5. The predicted octanol–water partition coefficient (Wildman–Crippen LogP) is 3.54. The number of non-ortho nitro benzene ring substituents is 1. The topological polar surface area (TPSA) is 75.9 Å². The Hall–Kier alpha value is -2.29. The van der Waals surface area contributed by atoms with Crippen molar-refractivity contribution in [2.24, 2.45) is 0 Å². The van der Waals surface area contributed by atoms with Crippen LogP contribution in [0.5, 0.6) is 0 Å². The lowest BCUT2D eigenvalue weighted by Gasteiger charge is -2.36. The van der Waals surface area contributed by atoms with E-state index in [4.69, 9.17) is 4.74 Å². The molecule has 2 fully saturated rings. The van der Waals surface area contributed by atoms with Gasteiger partial charge in [0.1, 0.15) is 0 Å². The Morgan fingerprint density at radius 3 is 2.75 bits per heavy atom. The minimum Gasteiger partial charge on any atom is -0.371 e. The summed E-state index contributed by atoms with van der Waals surface area (Å²) in [7, 11) is 0. The smallest absolute Gasteiger partial charge is 0.271 e. The highest BCUT2D eigenvalue weighted by atomic mass is 79.9. The Morgan fingerprint density at radius 2 is 1.96 bits per heavy atom. The molecule has 2 atom stereocenters. The second kappa shape index (κ2) is 7.98. The zero-order chi connectivity index (χ0) is 19.7. The van der Waals surface area contributed by atoms with Crippen LogP contribution >= 0.6 is 15.9 Å². The standard InChI is InChI=1S/C20H20BrN3O4/c21-15-4-1-3-14(11-15)19-13-22(9-10-28-19)18-7-8-23(20(18)25)16-5-2-6-17(12-16)24(26)27/h1-6,11-12,18-19H,7-10,13H2. The van der Waals surface area contributed by atoms with Crippen LogP contribution in [0.15, 0.2) is 53.0 Å². The molecule has 2 aromatic rings. The van der Waals surface area contributed by atoms with Gasteiger partial charge in [0.2, 0.25) is 5.91 Å². The molecule has 2 aliphatic heterocycles. The van der Waals surface area contributed by atoms with Crippen molar-refractivity contribution in [3.05, 3.63) is 68.7 Å². The fourth-order valence-electron chi connectivity index (χ4n) is 3.90. The van der Waals surface area contributed by atoms with Crippen LogP contribution in [-0.2, 0) is 9.53 Å². The third-order valence-electron chi connectivity index (χ3n) is 5.29. The number of amides is 1. The van der Waals surface area contributed by atoms with Crippen molar-refractivity contribution in [2.45, 2.75) is 18.6 Å². The summed E-state index contributed by atoms with van der Waals surface area (Å²) in [4.78, 5) is 27.5. The van der Waals surface area contributed by atoms with E-state index < -0.39 is 4.92 Å². The largest absolute Gasteiger partial charge is 0.371 e. The van der Waals surface area contributed by atoms with Crippen molar-refractivity contribution in [3.8, 4) is 0 Å². The van der Waals surface area contributed by atoms with Crippen molar-refractivity contribution < 1.29 is 14.5 Å². The van der Waals surface area contributed by atoms with Crippen molar-refractivity contribution in [3.63, 3.8) is 0 Å². The molecule has 0 N–H and O–H groups in total. The summed E-state index contributed by atoms with van der Waals surface area (Å²) in [5.74, 6) is -0.00427. The van der Waals surface area contributed by atoms with Crippen LogP contribution in [-0.4, -0.2) is 48.0 Å². The average Bonchev–Trinajstić information content (AvgIpc) is 3.09. The molecule has 0 aliphatic carbocycles. The van der Waals surface area contributed by atoms with Gasteiger partial charge in [0, 0.05) is 36.2 Å². The number of anilines is 1. The highest BCUT2D eigenvalue weighted by Gasteiger charge is 2.39. The van der Waals surface area contributed by atoms with E-state index in [1.165, 1.54) is 12.1 Å². The van der Waals surface area contributed by atoms with Gasteiger partial charge < -0.3 is 9.64 Å². The number of ether oxygens (including phenoxy) is 1. The maximum atomic E-state index is 13.0. The first-order valence-electron chi connectivity index (χ1n) is 9.20. The minimum absolute atomic E-state index is 0.00427. The molecule has 146 valence electrons. The third-order valence-corrected chi connectivity index (χ3v) is 5.78. The van der Waals surface area contributed by atoms with E-state index in [1.54, 1.807) is 17.0 Å². The SMILES string of the molecule is O=C1C(N2CCOC(c3cccc(Br)c3)C2)CCN1c1cccc([N+](=O)[O-])c1. The monoisotopic (exact) mass is 445 g/mol. The number of halogens is 1. The Balaban J connectivity index is 1.49. The molecule has 2 aromatic carbocycles. The number of nitrogens with zero attached hydrogens (tertiary/aromatic N) is 3. The second-order valence-corrected chi connectivity index (χ2v) is 7.90. The molecule has 0 spiro atoms. The van der Waals surface area contributed by atoms with Gasteiger partial charge in [-0.15, -0.1) is 0 Å². The molecule has 1 amide bonds. The van der Waals surface area contributed by atoms with E-state index >= 15 is 0 Å². The lowest BCUT2D eigenvalue weighted by atomic mass is 10.1. The van der Waals surface area contributed by atoms with Crippen LogP contribution in [0.3, 0.4) is 0 Å². The summed E-state index contributed by atoms with van der Waals surface area (Å²) in [6.45, 7) is 2.47. The molecule has 8 heteroatoms. The first-order valence-corrected chi connectivity index (χ1v) is 9.99. The fourth-order valence-corrected chi connectivity index (χ4v) is 4.31. The van der Waals surface area contributed by atoms with Gasteiger partial charge in [-0.25, -0.2) is 0 Å². The van der Waals surface area contributed by atoms with E-state index in [0.717, 1.165) is 10.0 Å². The third kappa shape index (κ3) is 3.80. The van der Waals surface area contributed by atoms with Crippen molar-refractivity contribution >= 4 is 33.2 Å². The van der Waals surface area contributed by atoms with E-state index in [2.05, 4.69) is 20.8 Å². The van der Waals surface area contributed by atoms with Crippen LogP contribution in [0, 0.1) is 10.1 Å². The van der Waals surface area contributed by atoms with Crippen molar-refractivity contribution in [1.29, 1.82) is 0 Å². The van der Waals surface area contributed by atoms with Crippen LogP contribution in [0.25, 0.3) is 0 Å². The molecule has 0 saturated carbocycles. The summed E-state index contributed by atoms with van der Waals surface area (Å²) in [6.07, 6.45) is 0.623. The number of hydrogen-bond acceptors (Lipinski definition) is 5. The van der Waals surface area contributed by atoms with Gasteiger partial charge in [0.25, 0.3) is 5.69 Å². The molecule has 2 heterocycles. The molecule has 0 bridgehead atoms. The van der Waals surface area contributed by atoms with Gasteiger partial charge in [-0.2, -0.15) is 0 Å². The average molecular weight is 446 g/mol. The number of nitro benzene ring substituents is 1. The van der Waals surface area contributed by atoms with Crippen LogP contribution in [0.1, 0.15) is 18.1 Å². The zero-order valence-electron chi connectivity index (χ0n) is 15.2. The highest BCUT2D eigenvalue weighted by molar-refractivity contribution is 9.10. The predicted molar refractivity (Wildman–Crippen MR) is 108 cm³/mol. The zero-order valence-corrected chi connectivity index (χ0v) is 16.7. The molecular formula is C20H20BrN3O4. The summed E-state index contributed by atoms with van der Waals surface area (Å²) >= 11 is 3.49. The molecule has 0 aromatic heterocycles. The molecular weight excluding hydrogens is 426 g/mol. The Labute approximate surface area is 171 Å². The molecule has 0 radical (unpaired) electrons. The van der Waals surface area contributed by atoms with E-state index in [0.29, 0.717) is 38.3 Å². The van der Waals surface area contributed by atoms with E-state index in [9.17, 15) is 14.9 Å².